The highest BCUT2D eigenvalue weighted by Gasteiger charge is 2.12. The fourth-order valence-corrected chi connectivity index (χ4v) is 1.74. The second kappa shape index (κ2) is 6.60. The highest BCUT2D eigenvalue weighted by molar-refractivity contribution is 6.03. The van der Waals surface area contributed by atoms with E-state index in [1.807, 2.05) is 0 Å². The third kappa shape index (κ3) is 3.42. The number of hydrogen-bond donors (Lipinski definition) is 1. The minimum Gasteiger partial charge on any atom is -0.497 e. The molecule has 0 radical (unpaired) electrons. The topological polar surface area (TPSA) is 69.7 Å². The first-order valence-electron chi connectivity index (χ1n) is 6.22. The van der Waals surface area contributed by atoms with E-state index in [0.29, 0.717) is 23.1 Å². The highest BCUT2D eigenvalue weighted by atomic mass is 16.5. The van der Waals surface area contributed by atoms with Crippen LogP contribution in [-0.2, 0) is 0 Å². The Hall–Kier alpha value is -2.76. The van der Waals surface area contributed by atoms with Crippen molar-refractivity contribution < 1.29 is 19.0 Å². The van der Waals surface area contributed by atoms with Crippen LogP contribution in [0.1, 0.15) is 10.5 Å². The molecule has 110 valence electrons. The van der Waals surface area contributed by atoms with Gasteiger partial charge >= 0.3 is 0 Å². The van der Waals surface area contributed by atoms with Gasteiger partial charge in [-0.1, -0.05) is 6.07 Å². The van der Waals surface area contributed by atoms with Gasteiger partial charge in [-0.2, -0.15) is 0 Å². The molecule has 0 aliphatic carbocycles. The van der Waals surface area contributed by atoms with Crippen molar-refractivity contribution in [1.82, 2.24) is 4.98 Å². The summed E-state index contributed by atoms with van der Waals surface area (Å²) in [5.74, 6) is 1.18. The van der Waals surface area contributed by atoms with Crippen molar-refractivity contribution in [2.24, 2.45) is 0 Å². The van der Waals surface area contributed by atoms with E-state index in [0.717, 1.165) is 0 Å². The molecule has 1 amide bonds. The van der Waals surface area contributed by atoms with Gasteiger partial charge in [0, 0.05) is 12.1 Å². The zero-order chi connectivity index (χ0) is 15.2. The summed E-state index contributed by atoms with van der Waals surface area (Å²) in [4.78, 5) is 16.3. The summed E-state index contributed by atoms with van der Waals surface area (Å²) in [7, 11) is 4.58. The molecule has 6 heteroatoms. The fraction of sp³-hybridized carbons (Fsp3) is 0.200. The molecule has 1 N–H and O–H groups in total. The van der Waals surface area contributed by atoms with Gasteiger partial charge in [0.25, 0.3) is 5.91 Å². The number of amides is 1. The van der Waals surface area contributed by atoms with Crippen LogP contribution < -0.4 is 19.5 Å². The van der Waals surface area contributed by atoms with Gasteiger partial charge in [0.05, 0.1) is 27.0 Å². The molecule has 6 nitrogen and oxygen atoms in total. The van der Waals surface area contributed by atoms with E-state index in [-0.39, 0.29) is 11.6 Å². The van der Waals surface area contributed by atoms with Crippen LogP contribution >= 0.6 is 0 Å². The van der Waals surface area contributed by atoms with Crippen LogP contribution in [0.4, 0.5) is 5.69 Å². The Morgan fingerprint density at radius 3 is 2.52 bits per heavy atom. The molecule has 0 spiro atoms. The molecule has 1 aromatic carbocycles. The van der Waals surface area contributed by atoms with Gasteiger partial charge < -0.3 is 19.5 Å². The lowest BCUT2D eigenvalue weighted by atomic mass is 10.2. The second-order valence-corrected chi connectivity index (χ2v) is 4.09. The summed E-state index contributed by atoms with van der Waals surface area (Å²) in [5.41, 5.74) is 0.792. The van der Waals surface area contributed by atoms with Crippen LogP contribution in [0.25, 0.3) is 0 Å². The Kier molecular flexibility index (Phi) is 4.61. The number of carbonyl (C=O) groups is 1. The van der Waals surface area contributed by atoms with Crippen molar-refractivity contribution >= 4 is 11.6 Å². The van der Waals surface area contributed by atoms with E-state index in [1.165, 1.54) is 14.2 Å². The maximum atomic E-state index is 12.2. The number of anilines is 1. The standard InChI is InChI=1S/C15H16N2O4/c1-19-10-7-8-11(13(9-10)20-2)17-15(18)12-5-4-6-14(16-12)21-3/h4-9H,1-3H3,(H,17,18). The number of methoxy groups -OCH3 is 3. The van der Waals surface area contributed by atoms with Gasteiger partial charge in [0.2, 0.25) is 5.88 Å². The SMILES string of the molecule is COc1ccc(NC(=O)c2cccc(OC)n2)c(OC)c1. The number of nitrogens with zero attached hydrogens (tertiary/aromatic N) is 1. The molecule has 0 aliphatic heterocycles. The molecule has 0 saturated carbocycles. The molecule has 0 fully saturated rings. The lowest BCUT2D eigenvalue weighted by molar-refractivity contribution is 0.102. The Bertz CT molecular complexity index is 643. The third-order valence-corrected chi connectivity index (χ3v) is 2.82. The summed E-state index contributed by atoms with van der Waals surface area (Å²) in [6.07, 6.45) is 0. The molecule has 0 saturated heterocycles. The summed E-state index contributed by atoms with van der Waals surface area (Å²) in [5, 5.41) is 2.74. The Morgan fingerprint density at radius 1 is 1.05 bits per heavy atom. The van der Waals surface area contributed by atoms with E-state index in [2.05, 4.69) is 10.3 Å². The molecular weight excluding hydrogens is 272 g/mol. The third-order valence-electron chi connectivity index (χ3n) is 2.82. The Labute approximate surface area is 122 Å². The first kappa shape index (κ1) is 14.6. The van der Waals surface area contributed by atoms with Crippen LogP contribution in [0.15, 0.2) is 36.4 Å². The molecule has 2 aromatic rings. The summed E-state index contributed by atoms with van der Waals surface area (Å²) in [6.45, 7) is 0. The van der Waals surface area contributed by atoms with Crippen LogP contribution in [0.2, 0.25) is 0 Å². The summed E-state index contributed by atoms with van der Waals surface area (Å²) < 4.78 is 15.3. The van der Waals surface area contributed by atoms with Gasteiger partial charge in [-0.25, -0.2) is 4.98 Å². The minimum atomic E-state index is -0.350. The first-order chi connectivity index (χ1) is 10.2. The molecular formula is C15H16N2O4. The van der Waals surface area contributed by atoms with Crippen molar-refractivity contribution in [3.8, 4) is 17.4 Å². The minimum absolute atomic E-state index is 0.257. The molecule has 0 aliphatic rings. The van der Waals surface area contributed by atoms with Gasteiger partial charge in [-0.15, -0.1) is 0 Å². The van der Waals surface area contributed by atoms with Crippen LogP contribution in [0.3, 0.4) is 0 Å². The van der Waals surface area contributed by atoms with Crippen LogP contribution in [0, 0.1) is 0 Å². The van der Waals surface area contributed by atoms with Gasteiger partial charge in [-0.3, -0.25) is 4.79 Å². The number of aromatic nitrogens is 1. The number of hydrogen-bond acceptors (Lipinski definition) is 5. The molecule has 21 heavy (non-hydrogen) atoms. The largest absolute Gasteiger partial charge is 0.497 e. The number of ether oxygens (including phenoxy) is 3. The number of carbonyl (C=O) groups excluding carboxylic acids is 1. The molecule has 1 aromatic heterocycles. The number of benzene rings is 1. The molecule has 0 unspecified atom stereocenters. The first-order valence-corrected chi connectivity index (χ1v) is 6.22. The second-order valence-electron chi connectivity index (χ2n) is 4.09. The predicted octanol–water partition coefficient (Wildman–Crippen LogP) is 2.36. The molecule has 2 rings (SSSR count). The monoisotopic (exact) mass is 288 g/mol. The fourth-order valence-electron chi connectivity index (χ4n) is 1.74. The van der Waals surface area contributed by atoms with E-state index in [9.17, 15) is 4.79 Å². The van der Waals surface area contributed by atoms with Crippen molar-refractivity contribution in [3.63, 3.8) is 0 Å². The van der Waals surface area contributed by atoms with E-state index in [4.69, 9.17) is 14.2 Å². The smallest absolute Gasteiger partial charge is 0.274 e. The van der Waals surface area contributed by atoms with Crippen molar-refractivity contribution in [2.45, 2.75) is 0 Å². The lowest BCUT2D eigenvalue weighted by Gasteiger charge is -2.11. The maximum absolute atomic E-state index is 12.2. The normalized spacial score (nSPS) is 9.86. The average molecular weight is 288 g/mol. The van der Waals surface area contributed by atoms with Crippen molar-refractivity contribution in [3.05, 3.63) is 42.1 Å². The summed E-state index contributed by atoms with van der Waals surface area (Å²) >= 11 is 0. The van der Waals surface area contributed by atoms with E-state index < -0.39 is 0 Å². The van der Waals surface area contributed by atoms with E-state index >= 15 is 0 Å². The van der Waals surface area contributed by atoms with Crippen LogP contribution in [-0.4, -0.2) is 32.2 Å². The van der Waals surface area contributed by atoms with Crippen molar-refractivity contribution in [1.29, 1.82) is 0 Å². The molecule has 0 atom stereocenters. The molecule has 0 bridgehead atoms. The maximum Gasteiger partial charge on any atom is 0.274 e. The Balaban J connectivity index is 2.22. The summed E-state index contributed by atoms with van der Waals surface area (Å²) in [6, 6.07) is 10.1. The Morgan fingerprint density at radius 2 is 1.86 bits per heavy atom. The zero-order valence-electron chi connectivity index (χ0n) is 12.0. The quantitative estimate of drug-likeness (QED) is 0.914. The van der Waals surface area contributed by atoms with Crippen LogP contribution in [0.5, 0.6) is 17.4 Å². The van der Waals surface area contributed by atoms with Gasteiger partial charge in [-0.05, 0) is 18.2 Å². The number of rotatable bonds is 5. The van der Waals surface area contributed by atoms with Gasteiger partial charge in [0.15, 0.2) is 0 Å². The average Bonchev–Trinajstić information content (AvgIpc) is 2.55. The zero-order valence-corrected chi connectivity index (χ0v) is 12.0. The molecule has 1 heterocycles. The highest BCUT2D eigenvalue weighted by Crippen LogP contribution is 2.29. The predicted molar refractivity (Wildman–Crippen MR) is 78.3 cm³/mol. The number of nitrogens with one attached hydrogen (secondary N) is 1. The van der Waals surface area contributed by atoms with Crippen molar-refractivity contribution in [2.75, 3.05) is 26.6 Å². The number of pyridine rings is 1. The van der Waals surface area contributed by atoms with Gasteiger partial charge in [0.1, 0.15) is 17.2 Å². The van der Waals surface area contributed by atoms with E-state index in [1.54, 1.807) is 43.5 Å². The lowest BCUT2D eigenvalue weighted by Crippen LogP contribution is -2.14.